The molecule has 0 N–H and O–H groups in total. The van der Waals surface area contributed by atoms with E-state index in [9.17, 15) is 0 Å². The SMILES string of the molecule is Cc1cc(C)n(-c2nnnc3c2sc2nnc(-c4ccccc4)c(-c4ccccc4)c23)n1. The second-order valence-corrected chi connectivity index (χ2v) is 8.57. The fourth-order valence-electron chi connectivity index (χ4n) is 4.04. The maximum Gasteiger partial charge on any atom is 0.197 e. The van der Waals surface area contributed by atoms with Crippen LogP contribution >= 0.6 is 11.3 Å². The molecule has 0 aliphatic rings. The molecule has 0 radical (unpaired) electrons. The maximum absolute atomic E-state index is 4.64. The summed E-state index contributed by atoms with van der Waals surface area (Å²) in [7, 11) is 0. The number of nitrogens with zero attached hydrogens (tertiary/aromatic N) is 7. The summed E-state index contributed by atoms with van der Waals surface area (Å²) in [5.41, 5.74) is 6.53. The molecule has 4 aromatic heterocycles. The van der Waals surface area contributed by atoms with E-state index in [0.717, 1.165) is 54.2 Å². The summed E-state index contributed by atoms with van der Waals surface area (Å²) in [4.78, 5) is 0.795. The van der Waals surface area contributed by atoms with Crippen LogP contribution in [0.25, 0.3) is 48.6 Å². The Kier molecular flexibility index (Phi) is 4.26. The summed E-state index contributed by atoms with van der Waals surface area (Å²) in [6.07, 6.45) is 0. The van der Waals surface area contributed by atoms with Crippen molar-refractivity contribution in [2.45, 2.75) is 13.8 Å². The van der Waals surface area contributed by atoms with Gasteiger partial charge in [-0.3, -0.25) is 0 Å². The standard InChI is InChI=1S/C24H17N7S/c1-14-13-15(2)31(29-14)23-22-21(26-30-27-23)19-18(16-9-5-3-6-10-16)20(25-28-24(19)32-22)17-11-7-4-8-12-17/h3-13H,1-2H3. The Morgan fingerprint density at radius 1 is 0.781 bits per heavy atom. The second kappa shape index (κ2) is 7.28. The smallest absolute Gasteiger partial charge is 0.197 e. The van der Waals surface area contributed by atoms with Crippen molar-refractivity contribution in [3.63, 3.8) is 0 Å². The first-order chi connectivity index (χ1) is 15.7. The van der Waals surface area contributed by atoms with Gasteiger partial charge in [0.05, 0.1) is 11.1 Å². The van der Waals surface area contributed by atoms with Gasteiger partial charge in [-0.25, -0.2) is 4.68 Å². The van der Waals surface area contributed by atoms with Gasteiger partial charge < -0.3 is 0 Å². The number of aryl methyl sites for hydroxylation is 2. The van der Waals surface area contributed by atoms with Crippen LogP contribution in [0.1, 0.15) is 11.4 Å². The normalized spacial score (nSPS) is 11.4. The van der Waals surface area contributed by atoms with E-state index >= 15 is 0 Å². The molecule has 0 amide bonds. The highest BCUT2D eigenvalue weighted by molar-refractivity contribution is 7.25. The van der Waals surface area contributed by atoms with Gasteiger partial charge >= 0.3 is 0 Å². The Labute approximate surface area is 187 Å². The predicted octanol–water partition coefficient (Wildman–Crippen LogP) is 5.17. The Bertz CT molecular complexity index is 1590. The largest absolute Gasteiger partial charge is 0.216 e. The van der Waals surface area contributed by atoms with E-state index in [2.05, 4.69) is 42.8 Å². The number of benzene rings is 2. The van der Waals surface area contributed by atoms with E-state index in [1.54, 1.807) is 0 Å². The predicted molar refractivity (Wildman–Crippen MR) is 126 cm³/mol. The third kappa shape index (κ3) is 2.88. The summed E-state index contributed by atoms with van der Waals surface area (Å²) in [6.45, 7) is 3.97. The number of aromatic nitrogens is 7. The maximum atomic E-state index is 4.64. The van der Waals surface area contributed by atoms with E-state index < -0.39 is 0 Å². The minimum absolute atomic E-state index is 0.656. The second-order valence-electron chi connectivity index (χ2n) is 7.57. The van der Waals surface area contributed by atoms with Crippen LogP contribution in [0.2, 0.25) is 0 Å². The molecule has 0 aliphatic heterocycles. The van der Waals surface area contributed by atoms with Crippen LogP contribution in [0.15, 0.2) is 66.7 Å². The van der Waals surface area contributed by atoms with Gasteiger partial charge in [-0.05, 0) is 30.7 Å². The summed E-state index contributed by atoms with van der Waals surface area (Å²) in [5.74, 6) is 0.656. The number of rotatable bonds is 3. The molecule has 0 aliphatic carbocycles. The van der Waals surface area contributed by atoms with Crippen LogP contribution in [0.5, 0.6) is 0 Å². The van der Waals surface area contributed by atoms with Crippen LogP contribution in [0.3, 0.4) is 0 Å². The highest BCUT2D eigenvalue weighted by Crippen LogP contribution is 2.42. The van der Waals surface area contributed by atoms with Crippen molar-refractivity contribution in [2.24, 2.45) is 0 Å². The lowest BCUT2D eigenvalue weighted by Gasteiger charge is -2.10. The zero-order valence-corrected chi connectivity index (χ0v) is 18.2. The zero-order valence-electron chi connectivity index (χ0n) is 17.4. The summed E-state index contributed by atoms with van der Waals surface area (Å²) >= 11 is 1.51. The number of hydrogen-bond acceptors (Lipinski definition) is 7. The van der Waals surface area contributed by atoms with Crippen molar-refractivity contribution >= 4 is 31.8 Å². The monoisotopic (exact) mass is 435 g/mol. The molecule has 7 nitrogen and oxygen atoms in total. The van der Waals surface area contributed by atoms with Crippen molar-refractivity contribution in [1.29, 1.82) is 0 Å². The van der Waals surface area contributed by atoms with Crippen LogP contribution in [0, 0.1) is 13.8 Å². The molecule has 6 aromatic rings. The summed E-state index contributed by atoms with van der Waals surface area (Å²) in [6, 6.07) is 22.4. The molecule has 0 bridgehead atoms. The summed E-state index contributed by atoms with van der Waals surface area (Å²) < 4.78 is 2.70. The molecule has 4 heterocycles. The van der Waals surface area contributed by atoms with Crippen LogP contribution in [0.4, 0.5) is 0 Å². The molecular weight excluding hydrogens is 418 g/mol. The first kappa shape index (κ1) is 18.7. The van der Waals surface area contributed by atoms with Crippen molar-refractivity contribution in [3.05, 3.63) is 78.1 Å². The number of thiophene rings is 1. The topological polar surface area (TPSA) is 82.3 Å². The third-order valence-electron chi connectivity index (χ3n) is 5.40. The van der Waals surface area contributed by atoms with Gasteiger partial charge in [0.2, 0.25) is 0 Å². The van der Waals surface area contributed by atoms with Crippen molar-refractivity contribution < 1.29 is 0 Å². The van der Waals surface area contributed by atoms with Crippen molar-refractivity contribution in [1.82, 2.24) is 35.4 Å². The first-order valence-corrected chi connectivity index (χ1v) is 11.0. The molecule has 32 heavy (non-hydrogen) atoms. The van der Waals surface area contributed by atoms with Crippen LogP contribution in [-0.4, -0.2) is 35.4 Å². The average molecular weight is 436 g/mol. The zero-order chi connectivity index (χ0) is 21.7. The van der Waals surface area contributed by atoms with Crippen LogP contribution < -0.4 is 0 Å². The molecule has 6 rings (SSSR count). The fourth-order valence-corrected chi connectivity index (χ4v) is 5.07. The van der Waals surface area contributed by atoms with Gasteiger partial charge in [0.15, 0.2) is 5.82 Å². The molecule has 0 saturated carbocycles. The molecule has 0 unspecified atom stereocenters. The molecular formula is C24H17N7S. The van der Waals surface area contributed by atoms with Gasteiger partial charge in [-0.1, -0.05) is 60.7 Å². The Balaban J connectivity index is 1.74. The Morgan fingerprint density at radius 2 is 1.50 bits per heavy atom. The quantitative estimate of drug-likeness (QED) is 0.382. The lowest BCUT2D eigenvalue weighted by molar-refractivity contribution is 0.768. The van der Waals surface area contributed by atoms with Gasteiger partial charge in [-0.2, -0.15) is 5.10 Å². The highest BCUT2D eigenvalue weighted by Gasteiger charge is 2.23. The Morgan fingerprint density at radius 3 is 2.19 bits per heavy atom. The van der Waals surface area contributed by atoms with Crippen LogP contribution in [-0.2, 0) is 0 Å². The first-order valence-electron chi connectivity index (χ1n) is 10.2. The highest BCUT2D eigenvalue weighted by atomic mass is 32.1. The van der Waals surface area contributed by atoms with Gasteiger partial charge in [0.1, 0.15) is 20.7 Å². The fraction of sp³-hybridized carbons (Fsp3) is 0.0833. The number of fused-ring (bicyclic) bond motifs is 3. The third-order valence-corrected chi connectivity index (χ3v) is 6.46. The van der Waals surface area contributed by atoms with E-state index in [-0.39, 0.29) is 0 Å². The van der Waals surface area contributed by atoms with Gasteiger partial charge in [0.25, 0.3) is 0 Å². The minimum atomic E-state index is 0.656. The molecule has 2 aromatic carbocycles. The lowest BCUT2D eigenvalue weighted by atomic mass is 9.97. The molecule has 0 spiro atoms. The number of hydrogen-bond donors (Lipinski definition) is 0. The Hall–Kier alpha value is -4.04. The molecule has 0 atom stereocenters. The molecule has 8 heteroatoms. The molecule has 0 saturated heterocycles. The van der Waals surface area contributed by atoms with Gasteiger partial charge in [0, 0.05) is 16.8 Å². The minimum Gasteiger partial charge on any atom is -0.216 e. The van der Waals surface area contributed by atoms with Crippen molar-refractivity contribution in [2.75, 3.05) is 0 Å². The lowest BCUT2D eigenvalue weighted by Crippen LogP contribution is -2.04. The van der Waals surface area contributed by atoms with Crippen molar-refractivity contribution in [3.8, 4) is 28.2 Å². The van der Waals surface area contributed by atoms with E-state index in [1.165, 1.54) is 11.3 Å². The molecule has 154 valence electrons. The van der Waals surface area contributed by atoms with Gasteiger partial charge in [-0.15, -0.1) is 31.7 Å². The summed E-state index contributed by atoms with van der Waals surface area (Å²) in [5, 5.41) is 27.6. The average Bonchev–Trinajstić information content (AvgIpc) is 3.38. The molecule has 0 fully saturated rings. The van der Waals surface area contributed by atoms with E-state index in [1.807, 2.05) is 73.1 Å². The van der Waals surface area contributed by atoms with E-state index in [0.29, 0.717) is 5.82 Å². The van der Waals surface area contributed by atoms with E-state index in [4.69, 9.17) is 0 Å².